The Morgan fingerprint density at radius 1 is 1.58 bits per heavy atom. The summed E-state index contributed by atoms with van der Waals surface area (Å²) in [6.07, 6.45) is 3.52. The van der Waals surface area contributed by atoms with E-state index in [-0.39, 0.29) is 17.4 Å². The molecule has 0 radical (unpaired) electrons. The number of alkyl halides is 1. The number of amides is 1. The van der Waals surface area contributed by atoms with Gasteiger partial charge in [-0.25, -0.2) is 4.79 Å². The first-order valence-electron chi connectivity index (χ1n) is 6.61. The van der Waals surface area contributed by atoms with Crippen molar-refractivity contribution in [3.05, 3.63) is 0 Å². The molecule has 1 heterocycles. The Kier molecular flexibility index (Phi) is 7.05. The van der Waals surface area contributed by atoms with Crippen LogP contribution in [0.3, 0.4) is 0 Å². The van der Waals surface area contributed by atoms with E-state index in [9.17, 15) is 9.59 Å². The third-order valence-corrected chi connectivity index (χ3v) is 3.77. The fourth-order valence-electron chi connectivity index (χ4n) is 1.92. The number of ether oxygens (including phenoxy) is 2. The third-order valence-electron chi connectivity index (χ3n) is 2.85. The summed E-state index contributed by atoms with van der Waals surface area (Å²) < 4.78 is 10.1. The number of halogens is 1. The zero-order chi connectivity index (χ0) is 14.3. The second-order valence-corrected chi connectivity index (χ2v) is 5.61. The van der Waals surface area contributed by atoms with Crippen LogP contribution in [-0.4, -0.2) is 35.3 Å². The van der Waals surface area contributed by atoms with Crippen molar-refractivity contribution >= 4 is 33.7 Å². The lowest BCUT2D eigenvalue weighted by molar-refractivity contribution is -0.143. The number of nitrogens with zero attached hydrogens (tertiary/aromatic N) is 1. The van der Waals surface area contributed by atoms with Crippen LogP contribution in [0.4, 0.5) is 4.79 Å². The van der Waals surface area contributed by atoms with Crippen molar-refractivity contribution in [2.75, 3.05) is 6.61 Å². The van der Waals surface area contributed by atoms with Crippen molar-refractivity contribution in [2.45, 2.75) is 56.9 Å². The number of aliphatic imine (C=N–C) groups is 1. The molecular formula is C13H20BrNO4. The maximum absolute atomic E-state index is 11.4. The van der Waals surface area contributed by atoms with Crippen LogP contribution in [-0.2, 0) is 14.3 Å². The predicted molar refractivity (Wildman–Crippen MR) is 75.8 cm³/mol. The molecule has 0 bridgehead atoms. The molecule has 0 aromatic rings. The van der Waals surface area contributed by atoms with Crippen LogP contribution in [0.5, 0.6) is 0 Å². The minimum absolute atomic E-state index is 0.0611. The molecule has 0 saturated carbocycles. The minimum Gasteiger partial charge on any atom is -0.456 e. The van der Waals surface area contributed by atoms with Gasteiger partial charge in [-0.3, -0.25) is 4.79 Å². The number of carbonyl (C=O) groups excluding carboxylic acids is 2. The number of carbonyl (C=O) groups is 2. The molecule has 6 heteroatoms. The van der Waals surface area contributed by atoms with E-state index >= 15 is 0 Å². The number of unbranched alkanes of at least 4 members (excludes halogenated alkanes) is 2. The van der Waals surface area contributed by atoms with Gasteiger partial charge in [-0.2, -0.15) is 4.99 Å². The highest BCUT2D eigenvalue weighted by molar-refractivity contribution is 9.10. The molecule has 2 atom stereocenters. The van der Waals surface area contributed by atoms with Gasteiger partial charge in [0.05, 0.1) is 17.1 Å². The van der Waals surface area contributed by atoms with E-state index in [1.807, 2.05) is 0 Å². The smallest absolute Gasteiger partial charge is 0.433 e. The van der Waals surface area contributed by atoms with Crippen molar-refractivity contribution in [2.24, 2.45) is 4.99 Å². The predicted octanol–water partition coefficient (Wildman–Crippen LogP) is 3.24. The number of esters is 1. The summed E-state index contributed by atoms with van der Waals surface area (Å²) in [5.74, 6) is -0.375. The summed E-state index contributed by atoms with van der Waals surface area (Å²) in [5, 5.41) is 0. The summed E-state index contributed by atoms with van der Waals surface area (Å²) in [6.45, 7) is 3.70. The van der Waals surface area contributed by atoms with Crippen LogP contribution in [0, 0.1) is 0 Å². The molecule has 5 nitrogen and oxygen atoms in total. The Labute approximate surface area is 121 Å². The highest BCUT2D eigenvalue weighted by Crippen LogP contribution is 2.20. The maximum atomic E-state index is 11.4. The molecule has 1 aliphatic heterocycles. The van der Waals surface area contributed by atoms with E-state index in [0.29, 0.717) is 12.1 Å². The Morgan fingerprint density at radius 2 is 2.32 bits per heavy atom. The van der Waals surface area contributed by atoms with Crippen molar-refractivity contribution in [3.63, 3.8) is 0 Å². The van der Waals surface area contributed by atoms with Gasteiger partial charge >= 0.3 is 12.1 Å². The standard InChI is InChI=1S/C13H20BrNO4/c1-3-4-5-6-10(14)12-11(19-9(2)16)7-8-18-13(17)15-12/h10-11H,3-8H2,1-2H3/t10-,11-/m0/s1. The zero-order valence-electron chi connectivity index (χ0n) is 11.4. The van der Waals surface area contributed by atoms with E-state index in [4.69, 9.17) is 9.47 Å². The molecule has 0 aromatic heterocycles. The lowest BCUT2D eigenvalue weighted by Crippen LogP contribution is -2.33. The van der Waals surface area contributed by atoms with Crippen LogP contribution in [0.2, 0.25) is 0 Å². The lowest BCUT2D eigenvalue weighted by Gasteiger charge is -2.20. The molecule has 1 aliphatic rings. The van der Waals surface area contributed by atoms with Gasteiger partial charge < -0.3 is 9.47 Å². The van der Waals surface area contributed by atoms with Gasteiger partial charge in [0.2, 0.25) is 0 Å². The first-order chi connectivity index (χ1) is 9.04. The molecule has 0 saturated heterocycles. The van der Waals surface area contributed by atoms with Crippen LogP contribution in [0.15, 0.2) is 4.99 Å². The largest absolute Gasteiger partial charge is 0.456 e. The van der Waals surface area contributed by atoms with Crippen LogP contribution >= 0.6 is 15.9 Å². The molecular weight excluding hydrogens is 314 g/mol. The van der Waals surface area contributed by atoms with Crippen LogP contribution in [0.25, 0.3) is 0 Å². The molecule has 1 rings (SSSR count). The molecule has 0 aliphatic carbocycles. The molecule has 0 aromatic carbocycles. The van der Waals surface area contributed by atoms with Gasteiger partial charge in [-0.05, 0) is 6.42 Å². The third kappa shape index (κ3) is 5.72. The average Bonchev–Trinajstić information content (AvgIpc) is 2.51. The average molecular weight is 334 g/mol. The molecule has 19 heavy (non-hydrogen) atoms. The normalized spacial score (nSPS) is 21.1. The molecule has 0 unspecified atom stereocenters. The summed E-state index contributed by atoms with van der Waals surface area (Å²) >= 11 is 3.53. The zero-order valence-corrected chi connectivity index (χ0v) is 12.9. The summed E-state index contributed by atoms with van der Waals surface area (Å²) in [7, 11) is 0. The number of cyclic esters (lactones) is 1. The van der Waals surface area contributed by atoms with E-state index in [1.54, 1.807) is 0 Å². The van der Waals surface area contributed by atoms with Gasteiger partial charge in [-0.1, -0.05) is 42.1 Å². The Balaban J connectivity index is 2.74. The van der Waals surface area contributed by atoms with Crippen molar-refractivity contribution in [1.82, 2.24) is 0 Å². The Hall–Kier alpha value is -0.910. The van der Waals surface area contributed by atoms with Gasteiger partial charge in [0.15, 0.2) is 0 Å². The molecule has 0 N–H and O–H groups in total. The van der Waals surface area contributed by atoms with E-state index in [0.717, 1.165) is 25.7 Å². The number of hydrogen-bond donors (Lipinski definition) is 0. The Morgan fingerprint density at radius 3 is 2.95 bits per heavy atom. The van der Waals surface area contributed by atoms with Gasteiger partial charge in [0.1, 0.15) is 6.10 Å². The summed E-state index contributed by atoms with van der Waals surface area (Å²) in [6, 6.07) is 0. The van der Waals surface area contributed by atoms with E-state index < -0.39 is 12.2 Å². The van der Waals surface area contributed by atoms with Crippen LogP contribution < -0.4 is 0 Å². The summed E-state index contributed by atoms with van der Waals surface area (Å²) in [4.78, 5) is 26.4. The quantitative estimate of drug-likeness (QED) is 0.425. The second-order valence-electron chi connectivity index (χ2n) is 4.50. The number of rotatable bonds is 6. The SMILES string of the molecule is CCCCC[C@H](Br)C1=NC(=O)OCC[C@@H]1OC(C)=O. The van der Waals surface area contributed by atoms with Gasteiger partial charge in [-0.15, -0.1) is 0 Å². The minimum atomic E-state index is -0.607. The highest BCUT2D eigenvalue weighted by atomic mass is 79.9. The van der Waals surface area contributed by atoms with Crippen molar-refractivity contribution < 1.29 is 19.1 Å². The van der Waals surface area contributed by atoms with Gasteiger partial charge in [0, 0.05) is 13.3 Å². The molecule has 1 amide bonds. The lowest BCUT2D eigenvalue weighted by atomic mass is 10.0. The monoisotopic (exact) mass is 333 g/mol. The van der Waals surface area contributed by atoms with Crippen molar-refractivity contribution in [3.8, 4) is 0 Å². The molecule has 0 fully saturated rings. The molecule has 0 spiro atoms. The Bertz CT molecular complexity index is 357. The molecule has 108 valence electrons. The van der Waals surface area contributed by atoms with E-state index in [2.05, 4.69) is 27.8 Å². The maximum Gasteiger partial charge on any atom is 0.433 e. The van der Waals surface area contributed by atoms with Crippen molar-refractivity contribution in [1.29, 1.82) is 0 Å². The highest BCUT2D eigenvalue weighted by Gasteiger charge is 2.29. The fourth-order valence-corrected chi connectivity index (χ4v) is 2.64. The first-order valence-corrected chi connectivity index (χ1v) is 7.52. The fraction of sp³-hybridized carbons (Fsp3) is 0.769. The summed E-state index contributed by atoms with van der Waals surface area (Å²) in [5.41, 5.74) is 0.564. The second kappa shape index (κ2) is 8.30. The van der Waals surface area contributed by atoms with E-state index in [1.165, 1.54) is 6.92 Å². The topological polar surface area (TPSA) is 65.0 Å². The van der Waals surface area contributed by atoms with Crippen LogP contribution in [0.1, 0.15) is 46.0 Å². The van der Waals surface area contributed by atoms with Gasteiger partial charge in [0.25, 0.3) is 0 Å². The number of hydrogen-bond acceptors (Lipinski definition) is 4. The first kappa shape index (κ1) is 16.1.